The molecular weight excluding hydrogens is 265 g/mol. The molecular formula is C14H14FNO4. The highest BCUT2D eigenvalue weighted by atomic mass is 19.1. The van der Waals surface area contributed by atoms with Crippen molar-refractivity contribution in [3.8, 4) is 0 Å². The Morgan fingerprint density at radius 3 is 2.90 bits per heavy atom. The van der Waals surface area contributed by atoms with Crippen LogP contribution in [0.2, 0.25) is 0 Å². The van der Waals surface area contributed by atoms with E-state index in [9.17, 15) is 19.4 Å². The van der Waals surface area contributed by atoms with E-state index in [0.717, 1.165) is 6.07 Å². The van der Waals surface area contributed by atoms with Crippen LogP contribution in [0, 0.1) is 5.82 Å². The second-order valence-electron chi connectivity index (χ2n) is 4.21. The number of hydrogen-bond acceptors (Lipinski definition) is 5. The predicted molar refractivity (Wildman–Crippen MR) is 69.3 cm³/mol. The zero-order chi connectivity index (χ0) is 14.7. The standard InChI is InChI=1S/C14H14FNO4/c1-2-20-14(19)13(18)12(17)9-6-8-4-3-5-16-11(8)7-10(9)15/h3-7,12-13,17-18H,2H2,1H3. The Morgan fingerprint density at radius 2 is 2.20 bits per heavy atom. The van der Waals surface area contributed by atoms with E-state index in [1.807, 2.05) is 0 Å². The van der Waals surface area contributed by atoms with E-state index in [-0.39, 0.29) is 12.2 Å². The lowest BCUT2D eigenvalue weighted by atomic mass is 10.0. The van der Waals surface area contributed by atoms with E-state index in [0.29, 0.717) is 10.9 Å². The second kappa shape index (κ2) is 5.94. The average molecular weight is 279 g/mol. The van der Waals surface area contributed by atoms with Crippen molar-refractivity contribution in [1.82, 2.24) is 4.98 Å². The topological polar surface area (TPSA) is 79.7 Å². The summed E-state index contributed by atoms with van der Waals surface area (Å²) >= 11 is 0. The summed E-state index contributed by atoms with van der Waals surface area (Å²) in [5.74, 6) is -1.74. The monoisotopic (exact) mass is 279 g/mol. The average Bonchev–Trinajstić information content (AvgIpc) is 2.45. The van der Waals surface area contributed by atoms with Crippen LogP contribution in [0.4, 0.5) is 4.39 Å². The largest absolute Gasteiger partial charge is 0.464 e. The first-order valence-corrected chi connectivity index (χ1v) is 6.11. The molecule has 0 aliphatic carbocycles. The molecule has 2 atom stereocenters. The maximum atomic E-state index is 13.9. The number of pyridine rings is 1. The fraction of sp³-hybridized carbons (Fsp3) is 0.286. The molecule has 1 aromatic heterocycles. The molecule has 0 amide bonds. The van der Waals surface area contributed by atoms with Gasteiger partial charge in [-0.3, -0.25) is 4.98 Å². The summed E-state index contributed by atoms with van der Waals surface area (Å²) in [5, 5.41) is 20.2. The van der Waals surface area contributed by atoms with Crippen molar-refractivity contribution >= 4 is 16.9 Å². The first-order chi connectivity index (χ1) is 9.54. The lowest BCUT2D eigenvalue weighted by molar-refractivity contribution is -0.159. The Balaban J connectivity index is 2.36. The van der Waals surface area contributed by atoms with E-state index < -0.39 is 24.0 Å². The molecule has 0 fully saturated rings. The third-order valence-corrected chi connectivity index (χ3v) is 2.87. The number of aliphatic hydroxyl groups is 2. The molecule has 6 heteroatoms. The molecule has 20 heavy (non-hydrogen) atoms. The maximum Gasteiger partial charge on any atom is 0.338 e. The van der Waals surface area contributed by atoms with Crippen molar-refractivity contribution in [1.29, 1.82) is 0 Å². The van der Waals surface area contributed by atoms with Gasteiger partial charge in [0.05, 0.1) is 12.1 Å². The van der Waals surface area contributed by atoms with Crippen molar-refractivity contribution < 1.29 is 24.1 Å². The maximum absolute atomic E-state index is 13.9. The fourth-order valence-corrected chi connectivity index (χ4v) is 1.87. The number of fused-ring (bicyclic) bond motifs is 1. The quantitative estimate of drug-likeness (QED) is 0.825. The van der Waals surface area contributed by atoms with E-state index in [4.69, 9.17) is 0 Å². The molecule has 1 heterocycles. The van der Waals surface area contributed by atoms with Crippen LogP contribution in [0.25, 0.3) is 10.9 Å². The van der Waals surface area contributed by atoms with E-state index in [1.54, 1.807) is 19.1 Å². The number of esters is 1. The van der Waals surface area contributed by atoms with Crippen molar-refractivity contribution in [2.75, 3.05) is 6.61 Å². The van der Waals surface area contributed by atoms with Crippen molar-refractivity contribution in [2.45, 2.75) is 19.1 Å². The highest BCUT2D eigenvalue weighted by Crippen LogP contribution is 2.25. The molecule has 2 N–H and O–H groups in total. The SMILES string of the molecule is CCOC(=O)C(O)C(O)c1cc2cccnc2cc1F. The minimum absolute atomic E-state index is 0.0622. The van der Waals surface area contributed by atoms with Crippen LogP contribution in [0.3, 0.4) is 0 Å². The molecule has 0 radical (unpaired) electrons. The first-order valence-electron chi connectivity index (χ1n) is 6.11. The van der Waals surface area contributed by atoms with Gasteiger partial charge >= 0.3 is 5.97 Å². The summed E-state index contributed by atoms with van der Waals surface area (Å²) in [6.07, 6.45) is -2.01. The number of ether oxygens (including phenoxy) is 1. The fourth-order valence-electron chi connectivity index (χ4n) is 1.87. The van der Waals surface area contributed by atoms with Gasteiger partial charge in [0, 0.05) is 23.2 Å². The number of aliphatic hydroxyl groups excluding tert-OH is 2. The minimum Gasteiger partial charge on any atom is -0.464 e. The Morgan fingerprint density at radius 1 is 1.45 bits per heavy atom. The lowest BCUT2D eigenvalue weighted by Gasteiger charge is -2.17. The van der Waals surface area contributed by atoms with E-state index in [1.165, 1.54) is 12.3 Å². The number of halogens is 1. The molecule has 0 saturated heterocycles. The molecule has 106 valence electrons. The number of nitrogens with zero attached hydrogens (tertiary/aromatic N) is 1. The molecule has 5 nitrogen and oxygen atoms in total. The zero-order valence-corrected chi connectivity index (χ0v) is 10.8. The van der Waals surface area contributed by atoms with Crippen LogP contribution in [-0.2, 0) is 9.53 Å². The highest BCUT2D eigenvalue weighted by molar-refractivity contribution is 5.80. The van der Waals surface area contributed by atoms with Crippen molar-refractivity contribution in [3.05, 3.63) is 41.8 Å². The normalized spacial score (nSPS) is 14.0. The number of aromatic nitrogens is 1. The minimum atomic E-state index is -1.83. The number of carbonyl (C=O) groups excluding carboxylic acids is 1. The molecule has 2 unspecified atom stereocenters. The van der Waals surface area contributed by atoms with Gasteiger partial charge in [-0.15, -0.1) is 0 Å². The van der Waals surface area contributed by atoms with Crippen LogP contribution in [0.5, 0.6) is 0 Å². The number of carbonyl (C=O) groups is 1. The number of hydrogen-bond donors (Lipinski definition) is 2. The second-order valence-corrected chi connectivity index (χ2v) is 4.21. The van der Waals surface area contributed by atoms with Gasteiger partial charge in [0.2, 0.25) is 0 Å². The number of rotatable bonds is 4. The van der Waals surface area contributed by atoms with E-state index >= 15 is 0 Å². The van der Waals surface area contributed by atoms with Gasteiger partial charge in [-0.25, -0.2) is 9.18 Å². The Kier molecular flexibility index (Phi) is 4.26. The Bertz CT molecular complexity index is 632. The van der Waals surface area contributed by atoms with E-state index in [2.05, 4.69) is 9.72 Å². The summed E-state index contributed by atoms with van der Waals surface area (Å²) in [7, 11) is 0. The smallest absolute Gasteiger partial charge is 0.338 e. The molecule has 0 aliphatic rings. The predicted octanol–water partition coefficient (Wildman–Crippen LogP) is 1.33. The van der Waals surface area contributed by atoms with Crippen LogP contribution >= 0.6 is 0 Å². The lowest BCUT2D eigenvalue weighted by Crippen LogP contribution is -2.30. The van der Waals surface area contributed by atoms with Crippen molar-refractivity contribution in [3.63, 3.8) is 0 Å². The van der Waals surface area contributed by atoms with Crippen LogP contribution in [-0.4, -0.2) is 33.9 Å². The highest BCUT2D eigenvalue weighted by Gasteiger charge is 2.29. The molecule has 2 aromatic rings. The van der Waals surface area contributed by atoms with Crippen molar-refractivity contribution in [2.24, 2.45) is 0 Å². The van der Waals surface area contributed by atoms with Gasteiger partial charge in [-0.1, -0.05) is 6.07 Å². The summed E-state index contributed by atoms with van der Waals surface area (Å²) in [6.45, 7) is 1.63. The van der Waals surface area contributed by atoms with Gasteiger partial charge in [0.1, 0.15) is 11.9 Å². The van der Waals surface area contributed by atoms with Gasteiger partial charge in [-0.2, -0.15) is 0 Å². The first kappa shape index (κ1) is 14.4. The third kappa shape index (κ3) is 2.76. The Labute approximate surface area is 114 Å². The summed E-state index contributed by atoms with van der Waals surface area (Å²) < 4.78 is 18.5. The van der Waals surface area contributed by atoms with Gasteiger partial charge in [0.25, 0.3) is 0 Å². The summed E-state index contributed by atoms with van der Waals surface area (Å²) in [5.41, 5.74) is 0.248. The van der Waals surface area contributed by atoms with Gasteiger partial charge < -0.3 is 14.9 Å². The summed E-state index contributed by atoms with van der Waals surface area (Å²) in [4.78, 5) is 15.3. The number of benzene rings is 1. The Hall–Kier alpha value is -2.05. The molecule has 0 bridgehead atoms. The zero-order valence-electron chi connectivity index (χ0n) is 10.8. The van der Waals surface area contributed by atoms with Crippen LogP contribution in [0.15, 0.2) is 30.5 Å². The van der Waals surface area contributed by atoms with Gasteiger partial charge in [-0.05, 0) is 19.1 Å². The van der Waals surface area contributed by atoms with Gasteiger partial charge in [0.15, 0.2) is 6.10 Å². The molecule has 1 aromatic carbocycles. The molecule has 0 saturated carbocycles. The molecule has 0 aliphatic heterocycles. The summed E-state index contributed by atoms with van der Waals surface area (Å²) in [6, 6.07) is 5.85. The molecule has 0 spiro atoms. The van der Waals surface area contributed by atoms with Crippen LogP contribution in [0.1, 0.15) is 18.6 Å². The van der Waals surface area contributed by atoms with Crippen LogP contribution < -0.4 is 0 Å². The third-order valence-electron chi connectivity index (χ3n) is 2.87. The molecule has 2 rings (SSSR count).